The van der Waals surface area contributed by atoms with Crippen LogP contribution < -0.4 is 10.6 Å². The van der Waals surface area contributed by atoms with E-state index in [0.717, 1.165) is 5.56 Å². The first-order valence-corrected chi connectivity index (χ1v) is 9.65. The lowest BCUT2D eigenvalue weighted by atomic mass is 10.1. The molecule has 0 unspecified atom stereocenters. The smallest absolute Gasteiger partial charge is 0.337 e. The van der Waals surface area contributed by atoms with Gasteiger partial charge in [-0.15, -0.1) is 0 Å². The van der Waals surface area contributed by atoms with E-state index in [1.54, 1.807) is 13.0 Å². The van der Waals surface area contributed by atoms with Crippen LogP contribution in [-0.4, -0.2) is 33.7 Å². The third kappa shape index (κ3) is 5.37. The molecule has 0 spiro atoms. The number of carbonyl (C=O) groups excluding carboxylic acids is 2. The van der Waals surface area contributed by atoms with Crippen LogP contribution in [0.1, 0.15) is 27.0 Å². The summed E-state index contributed by atoms with van der Waals surface area (Å²) in [6.07, 6.45) is 0.139. The molecular formula is C24H21N3O5. The van der Waals surface area contributed by atoms with E-state index >= 15 is 0 Å². The number of benzene rings is 3. The van der Waals surface area contributed by atoms with Gasteiger partial charge in [0.15, 0.2) is 0 Å². The Morgan fingerprint density at radius 3 is 2.31 bits per heavy atom. The summed E-state index contributed by atoms with van der Waals surface area (Å²) in [6.45, 7) is 1.72. The standard InChI is InChI=1S/C24H21N3O5/c1-14-7-9-19(17(11-14)24(31)32)27-23(30)22(25)18-13-16(8-10-20(18)28)26-21(29)12-15-5-3-2-4-6-15/h2-11,13,25,28H,12H2,1H3,(H,26,29)(H,27,30)(H,31,32). The molecule has 0 aliphatic rings. The molecule has 0 radical (unpaired) electrons. The number of nitrogens with one attached hydrogen (secondary N) is 3. The summed E-state index contributed by atoms with van der Waals surface area (Å²) in [5, 5.41) is 32.7. The molecule has 3 aromatic rings. The number of carboxylic acid groups (broad SMARTS) is 1. The monoisotopic (exact) mass is 431 g/mol. The lowest BCUT2D eigenvalue weighted by molar-refractivity contribution is -0.115. The Morgan fingerprint density at radius 2 is 1.62 bits per heavy atom. The molecule has 8 nitrogen and oxygen atoms in total. The van der Waals surface area contributed by atoms with Crippen molar-refractivity contribution >= 4 is 34.9 Å². The van der Waals surface area contributed by atoms with E-state index in [0.29, 0.717) is 11.3 Å². The number of aromatic hydroxyl groups is 1. The highest BCUT2D eigenvalue weighted by molar-refractivity contribution is 6.48. The van der Waals surface area contributed by atoms with Crippen molar-refractivity contribution in [2.75, 3.05) is 10.6 Å². The molecule has 0 saturated carbocycles. The van der Waals surface area contributed by atoms with Gasteiger partial charge < -0.3 is 20.8 Å². The highest BCUT2D eigenvalue weighted by Gasteiger charge is 2.20. The molecule has 0 atom stereocenters. The van der Waals surface area contributed by atoms with Crippen LogP contribution in [0.4, 0.5) is 11.4 Å². The summed E-state index contributed by atoms with van der Waals surface area (Å²) in [4.78, 5) is 36.3. The second kappa shape index (κ2) is 9.57. The highest BCUT2D eigenvalue weighted by atomic mass is 16.4. The maximum Gasteiger partial charge on any atom is 0.337 e. The van der Waals surface area contributed by atoms with Gasteiger partial charge >= 0.3 is 5.97 Å². The van der Waals surface area contributed by atoms with Gasteiger partial charge in [0.25, 0.3) is 5.91 Å². The SMILES string of the molecule is Cc1ccc(NC(=O)C(=N)c2cc(NC(=O)Cc3ccccc3)ccc2O)c(C(=O)O)c1. The van der Waals surface area contributed by atoms with E-state index in [4.69, 9.17) is 5.41 Å². The summed E-state index contributed by atoms with van der Waals surface area (Å²) in [5.41, 5.74) is 1.05. The fourth-order valence-electron chi connectivity index (χ4n) is 3.05. The van der Waals surface area contributed by atoms with Crippen LogP contribution in [0.2, 0.25) is 0 Å². The summed E-state index contributed by atoms with van der Waals surface area (Å²) in [7, 11) is 0. The van der Waals surface area contributed by atoms with E-state index in [-0.39, 0.29) is 34.9 Å². The molecule has 0 saturated heterocycles. The molecule has 0 fully saturated rings. The van der Waals surface area contributed by atoms with Crippen molar-refractivity contribution in [1.29, 1.82) is 5.41 Å². The van der Waals surface area contributed by atoms with Crippen molar-refractivity contribution in [2.24, 2.45) is 0 Å². The Hall–Kier alpha value is -4.46. The molecule has 2 amide bonds. The molecule has 0 bridgehead atoms. The third-order valence-corrected chi connectivity index (χ3v) is 4.64. The molecule has 5 N–H and O–H groups in total. The summed E-state index contributed by atoms with van der Waals surface area (Å²) in [6, 6.07) is 17.6. The number of phenolic OH excluding ortho intramolecular Hbond substituents is 1. The molecule has 3 rings (SSSR count). The molecule has 0 aliphatic heterocycles. The van der Waals surface area contributed by atoms with Crippen molar-refractivity contribution in [2.45, 2.75) is 13.3 Å². The maximum absolute atomic E-state index is 12.6. The minimum absolute atomic E-state index is 0.0321. The summed E-state index contributed by atoms with van der Waals surface area (Å²) < 4.78 is 0. The number of rotatable bonds is 7. The van der Waals surface area contributed by atoms with Crippen molar-refractivity contribution in [3.63, 3.8) is 0 Å². The summed E-state index contributed by atoms with van der Waals surface area (Å²) in [5.74, 6) is -2.75. The molecule has 8 heteroatoms. The first-order chi connectivity index (χ1) is 15.2. The minimum Gasteiger partial charge on any atom is -0.507 e. The molecule has 162 valence electrons. The van der Waals surface area contributed by atoms with Gasteiger partial charge in [-0.25, -0.2) is 4.79 Å². The largest absolute Gasteiger partial charge is 0.507 e. The second-order valence-electron chi connectivity index (χ2n) is 7.13. The van der Waals surface area contributed by atoms with Crippen LogP contribution in [0.5, 0.6) is 5.75 Å². The van der Waals surface area contributed by atoms with E-state index in [1.165, 1.54) is 30.3 Å². The minimum atomic E-state index is -1.22. The predicted molar refractivity (Wildman–Crippen MR) is 120 cm³/mol. The van der Waals surface area contributed by atoms with Crippen molar-refractivity contribution < 1.29 is 24.6 Å². The fourth-order valence-corrected chi connectivity index (χ4v) is 3.05. The Morgan fingerprint density at radius 1 is 0.906 bits per heavy atom. The first kappa shape index (κ1) is 22.2. The first-order valence-electron chi connectivity index (χ1n) is 9.65. The van der Waals surface area contributed by atoms with E-state index < -0.39 is 17.6 Å². The van der Waals surface area contributed by atoms with Crippen LogP contribution >= 0.6 is 0 Å². The zero-order valence-corrected chi connectivity index (χ0v) is 17.2. The number of carboxylic acids is 1. The van der Waals surface area contributed by atoms with E-state index in [9.17, 15) is 24.6 Å². The zero-order chi connectivity index (χ0) is 23.3. The quantitative estimate of drug-likeness (QED) is 0.287. The number of aryl methyl sites for hydroxylation is 1. The highest BCUT2D eigenvalue weighted by Crippen LogP contribution is 2.24. The van der Waals surface area contributed by atoms with Crippen molar-refractivity contribution in [3.05, 3.63) is 89.0 Å². The number of amides is 2. The Bertz CT molecular complexity index is 1210. The Labute approximate surface area is 184 Å². The predicted octanol–water partition coefficient (Wildman–Crippen LogP) is 3.59. The second-order valence-corrected chi connectivity index (χ2v) is 7.13. The topological polar surface area (TPSA) is 140 Å². The van der Waals surface area contributed by atoms with Crippen LogP contribution in [0.25, 0.3) is 0 Å². The number of carbonyl (C=O) groups is 3. The molecule has 32 heavy (non-hydrogen) atoms. The van der Waals surface area contributed by atoms with Gasteiger partial charge in [-0.3, -0.25) is 15.0 Å². The zero-order valence-electron chi connectivity index (χ0n) is 17.2. The van der Waals surface area contributed by atoms with Gasteiger partial charge in [-0.2, -0.15) is 0 Å². The van der Waals surface area contributed by atoms with Gasteiger partial charge in [0.05, 0.1) is 17.7 Å². The van der Waals surface area contributed by atoms with Crippen molar-refractivity contribution in [1.82, 2.24) is 0 Å². The lowest BCUT2D eigenvalue weighted by Crippen LogP contribution is -2.24. The molecule has 0 heterocycles. The van der Waals surface area contributed by atoms with Crippen molar-refractivity contribution in [3.8, 4) is 5.75 Å². The molecule has 0 aromatic heterocycles. The fraction of sp³-hybridized carbons (Fsp3) is 0.0833. The summed E-state index contributed by atoms with van der Waals surface area (Å²) >= 11 is 0. The maximum atomic E-state index is 12.6. The van der Waals surface area contributed by atoms with Gasteiger partial charge in [0.2, 0.25) is 5.91 Å². The van der Waals surface area contributed by atoms with Gasteiger partial charge in [-0.05, 0) is 42.8 Å². The Kier molecular flexibility index (Phi) is 6.65. The average Bonchev–Trinajstić information content (AvgIpc) is 2.76. The van der Waals surface area contributed by atoms with Crippen LogP contribution in [0, 0.1) is 12.3 Å². The number of phenols is 1. The van der Waals surface area contributed by atoms with Gasteiger partial charge in [0, 0.05) is 11.3 Å². The van der Waals surface area contributed by atoms with E-state index in [2.05, 4.69) is 10.6 Å². The number of hydrogen-bond acceptors (Lipinski definition) is 5. The molecular weight excluding hydrogens is 410 g/mol. The number of hydrogen-bond donors (Lipinski definition) is 5. The van der Waals surface area contributed by atoms with E-state index in [1.807, 2.05) is 30.3 Å². The van der Waals surface area contributed by atoms with Gasteiger partial charge in [0.1, 0.15) is 11.5 Å². The molecule has 0 aliphatic carbocycles. The normalized spacial score (nSPS) is 10.3. The number of aromatic carboxylic acids is 1. The number of anilines is 2. The molecule has 3 aromatic carbocycles. The van der Waals surface area contributed by atoms with Crippen LogP contribution in [0.15, 0.2) is 66.7 Å². The lowest BCUT2D eigenvalue weighted by Gasteiger charge is -2.12. The third-order valence-electron chi connectivity index (χ3n) is 4.64. The van der Waals surface area contributed by atoms with Crippen LogP contribution in [-0.2, 0) is 16.0 Å². The average molecular weight is 431 g/mol. The Balaban J connectivity index is 1.76. The van der Waals surface area contributed by atoms with Gasteiger partial charge in [-0.1, -0.05) is 42.0 Å². The van der Waals surface area contributed by atoms with Crippen LogP contribution in [0.3, 0.4) is 0 Å².